The van der Waals surface area contributed by atoms with Gasteiger partial charge in [0.2, 0.25) is 10.0 Å². The molecule has 4 nitrogen and oxygen atoms in total. The number of halogens is 2. The van der Waals surface area contributed by atoms with Gasteiger partial charge in [0.05, 0.1) is 4.34 Å². The number of hydrogen-bond donors (Lipinski definition) is 1. The van der Waals surface area contributed by atoms with Crippen LogP contribution < -0.4 is 5.73 Å². The molecule has 2 aromatic rings. The molecule has 1 aliphatic rings. The summed E-state index contributed by atoms with van der Waals surface area (Å²) in [6.45, 7) is 0.663. The molecule has 0 aliphatic carbocycles. The maximum Gasteiger partial charge on any atom is 0.245 e. The van der Waals surface area contributed by atoms with Crippen molar-refractivity contribution >= 4 is 50.2 Å². The highest BCUT2D eigenvalue weighted by atomic mass is 35.5. The molecule has 3 rings (SSSR count). The second-order valence-electron chi connectivity index (χ2n) is 4.76. The van der Waals surface area contributed by atoms with Gasteiger partial charge in [0.1, 0.15) is 9.23 Å². The Morgan fingerprint density at radius 2 is 2.05 bits per heavy atom. The molecule has 0 atom stereocenters. The first-order chi connectivity index (χ1) is 9.89. The van der Waals surface area contributed by atoms with E-state index < -0.39 is 10.0 Å². The lowest BCUT2D eigenvalue weighted by molar-refractivity contribution is 0.392. The molecule has 1 aliphatic heterocycles. The third-order valence-corrected chi connectivity index (χ3v) is 7.12. The fraction of sp³-hybridized carbons (Fsp3) is 0.231. The molecular formula is C13H12Cl2N2O2S2. The van der Waals surface area contributed by atoms with Gasteiger partial charge < -0.3 is 5.73 Å². The molecule has 0 bridgehead atoms. The quantitative estimate of drug-likeness (QED) is 0.832. The van der Waals surface area contributed by atoms with Crippen LogP contribution in [-0.2, 0) is 23.0 Å². The molecule has 112 valence electrons. The Bertz CT molecular complexity index is 802. The minimum absolute atomic E-state index is 0.0668. The van der Waals surface area contributed by atoms with E-state index in [0.717, 1.165) is 22.5 Å². The Kier molecular flexibility index (Phi) is 3.92. The van der Waals surface area contributed by atoms with E-state index in [-0.39, 0.29) is 15.8 Å². The molecule has 0 amide bonds. The number of anilines is 1. The number of nitrogen functional groups attached to an aromatic ring is 1. The summed E-state index contributed by atoms with van der Waals surface area (Å²) in [5.74, 6) is 0. The summed E-state index contributed by atoms with van der Waals surface area (Å²) in [5.41, 5.74) is 8.52. The summed E-state index contributed by atoms with van der Waals surface area (Å²) in [4.78, 5) is 0.0668. The van der Waals surface area contributed by atoms with Gasteiger partial charge in [-0.25, -0.2) is 8.42 Å². The van der Waals surface area contributed by atoms with Crippen molar-refractivity contribution in [2.45, 2.75) is 17.9 Å². The zero-order valence-corrected chi connectivity index (χ0v) is 14.0. The van der Waals surface area contributed by atoms with E-state index in [4.69, 9.17) is 28.9 Å². The minimum Gasteiger partial charge on any atom is -0.398 e. The van der Waals surface area contributed by atoms with Gasteiger partial charge in [-0.3, -0.25) is 0 Å². The SMILES string of the molecule is Nc1cccc2c1CN(S(=O)(=O)c1cc(Cl)sc1Cl)CC2. The minimum atomic E-state index is -3.66. The molecule has 8 heteroatoms. The highest BCUT2D eigenvalue weighted by Crippen LogP contribution is 2.37. The van der Waals surface area contributed by atoms with Gasteiger partial charge >= 0.3 is 0 Å². The lowest BCUT2D eigenvalue weighted by atomic mass is 10.00. The van der Waals surface area contributed by atoms with Crippen molar-refractivity contribution < 1.29 is 8.42 Å². The Labute approximate surface area is 137 Å². The predicted molar refractivity (Wildman–Crippen MR) is 86.5 cm³/mol. The molecule has 21 heavy (non-hydrogen) atoms. The molecule has 1 aromatic heterocycles. The van der Waals surface area contributed by atoms with Crippen LogP contribution in [-0.4, -0.2) is 19.3 Å². The topological polar surface area (TPSA) is 63.4 Å². The third kappa shape index (κ3) is 2.66. The summed E-state index contributed by atoms with van der Waals surface area (Å²) in [6.07, 6.45) is 0.634. The number of thiophene rings is 1. The van der Waals surface area contributed by atoms with Crippen molar-refractivity contribution in [2.75, 3.05) is 12.3 Å². The van der Waals surface area contributed by atoms with Gasteiger partial charge in [-0.2, -0.15) is 4.31 Å². The van der Waals surface area contributed by atoms with Crippen LogP contribution in [0.5, 0.6) is 0 Å². The van der Waals surface area contributed by atoms with E-state index in [2.05, 4.69) is 0 Å². The molecule has 2 heterocycles. The normalized spacial score (nSPS) is 15.9. The van der Waals surface area contributed by atoms with Crippen LogP contribution in [0.3, 0.4) is 0 Å². The van der Waals surface area contributed by atoms with Crippen molar-refractivity contribution in [1.29, 1.82) is 0 Å². The fourth-order valence-electron chi connectivity index (χ4n) is 2.43. The molecule has 0 fully saturated rings. The average molecular weight is 363 g/mol. The van der Waals surface area contributed by atoms with Crippen LogP contribution in [0.4, 0.5) is 5.69 Å². The monoisotopic (exact) mass is 362 g/mol. The van der Waals surface area contributed by atoms with Crippen LogP contribution in [0.1, 0.15) is 11.1 Å². The van der Waals surface area contributed by atoms with Crippen molar-refractivity contribution in [3.63, 3.8) is 0 Å². The standard InChI is InChI=1S/C13H12Cl2N2O2S2/c14-12-6-11(13(15)20-12)21(18,19)17-5-4-8-2-1-3-10(16)9(8)7-17/h1-3,6H,4-5,7,16H2. The highest BCUT2D eigenvalue weighted by Gasteiger charge is 2.31. The predicted octanol–water partition coefficient (Wildman–Crippen LogP) is 3.38. The second kappa shape index (κ2) is 5.44. The largest absolute Gasteiger partial charge is 0.398 e. The summed E-state index contributed by atoms with van der Waals surface area (Å²) in [5, 5.41) is 0. The van der Waals surface area contributed by atoms with Gasteiger partial charge in [-0.1, -0.05) is 35.3 Å². The van der Waals surface area contributed by atoms with Crippen LogP contribution in [0.25, 0.3) is 0 Å². The van der Waals surface area contributed by atoms with Crippen molar-refractivity contribution in [1.82, 2.24) is 4.31 Å². The number of benzene rings is 1. The van der Waals surface area contributed by atoms with E-state index in [0.29, 0.717) is 23.0 Å². The Morgan fingerprint density at radius 3 is 2.71 bits per heavy atom. The molecule has 0 saturated heterocycles. The molecule has 1 aromatic carbocycles. The Hall–Kier alpha value is -0.790. The molecular weight excluding hydrogens is 351 g/mol. The Balaban J connectivity index is 1.99. The van der Waals surface area contributed by atoms with Gasteiger partial charge in [0.25, 0.3) is 0 Å². The number of nitrogens with zero attached hydrogens (tertiary/aromatic N) is 1. The summed E-state index contributed by atoms with van der Waals surface area (Å²) in [6, 6.07) is 7.04. The lowest BCUT2D eigenvalue weighted by Crippen LogP contribution is -2.36. The van der Waals surface area contributed by atoms with E-state index in [1.54, 1.807) is 6.07 Å². The first-order valence-electron chi connectivity index (χ1n) is 6.21. The molecule has 0 saturated carbocycles. The maximum absolute atomic E-state index is 12.7. The molecule has 0 radical (unpaired) electrons. The smallest absolute Gasteiger partial charge is 0.245 e. The van der Waals surface area contributed by atoms with Gasteiger partial charge in [-0.05, 0) is 29.7 Å². The Morgan fingerprint density at radius 1 is 1.29 bits per heavy atom. The van der Waals surface area contributed by atoms with Crippen LogP contribution >= 0.6 is 34.5 Å². The number of sulfonamides is 1. The molecule has 2 N–H and O–H groups in total. The van der Waals surface area contributed by atoms with Crippen LogP contribution in [0, 0.1) is 0 Å². The van der Waals surface area contributed by atoms with Crippen molar-refractivity contribution in [3.8, 4) is 0 Å². The first-order valence-corrected chi connectivity index (χ1v) is 9.22. The lowest BCUT2D eigenvalue weighted by Gasteiger charge is -2.28. The summed E-state index contributed by atoms with van der Waals surface area (Å²) in [7, 11) is -3.66. The number of rotatable bonds is 2. The third-order valence-electron chi connectivity index (χ3n) is 3.52. The van der Waals surface area contributed by atoms with E-state index in [9.17, 15) is 8.42 Å². The molecule has 0 unspecified atom stereocenters. The van der Waals surface area contributed by atoms with E-state index in [1.807, 2.05) is 12.1 Å². The maximum atomic E-state index is 12.7. The van der Waals surface area contributed by atoms with E-state index in [1.165, 1.54) is 10.4 Å². The first kappa shape index (κ1) is 15.1. The van der Waals surface area contributed by atoms with Gasteiger partial charge in [0.15, 0.2) is 0 Å². The highest BCUT2D eigenvalue weighted by molar-refractivity contribution is 7.89. The van der Waals surface area contributed by atoms with Crippen molar-refractivity contribution in [2.24, 2.45) is 0 Å². The second-order valence-corrected chi connectivity index (χ2v) is 8.95. The number of hydrogen-bond acceptors (Lipinski definition) is 4. The van der Waals surface area contributed by atoms with Gasteiger partial charge in [0, 0.05) is 18.8 Å². The number of nitrogens with two attached hydrogens (primary N) is 1. The van der Waals surface area contributed by atoms with Gasteiger partial charge in [-0.15, -0.1) is 11.3 Å². The van der Waals surface area contributed by atoms with Crippen LogP contribution in [0.15, 0.2) is 29.2 Å². The summed E-state index contributed by atoms with van der Waals surface area (Å²) >= 11 is 12.9. The van der Waals surface area contributed by atoms with Crippen LogP contribution in [0.2, 0.25) is 8.67 Å². The average Bonchev–Trinajstić information content (AvgIpc) is 2.78. The number of fused-ring (bicyclic) bond motifs is 1. The summed E-state index contributed by atoms with van der Waals surface area (Å²) < 4.78 is 27.3. The zero-order valence-electron chi connectivity index (χ0n) is 10.8. The zero-order chi connectivity index (χ0) is 15.2. The van der Waals surface area contributed by atoms with E-state index >= 15 is 0 Å². The van der Waals surface area contributed by atoms with Crippen molar-refractivity contribution in [3.05, 3.63) is 44.1 Å². The molecule has 0 spiro atoms. The fourth-order valence-corrected chi connectivity index (χ4v) is 5.95.